The van der Waals surface area contributed by atoms with Gasteiger partial charge in [0.15, 0.2) is 0 Å². The molecule has 3 nitrogen and oxygen atoms in total. The van der Waals surface area contributed by atoms with E-state index in [2.05, 4.69) is 31.9 Å². The summed E-state index contributed by atoms with van der Waals surface area (Å²) >= 11 is 8.52. The van der Waals surface area contributed by atoms with Crippen molar-refractivity contribution >= 4 is 43.2 Å². The molecule has 0 bridgehead atoms. The van der Waals surface area contributed by atoms with E-state index >= 15 is 0 Å². The number of nitrogens with two attached hydrogens (primary N) is 1. The Kier molecular flexibility index (Phi) is 4.20. The lowest BCUT2D eigenvalue weighted by atomic mass is 10.1. The van der Waals surface area contributed by atoms with Crippen molar-refractivity contribution in [3.8, 4) is 0 Å². The monoisotopic (exact) mass is 355 g/mol. The van der Waals surface area contributed by atoms with E-state index in [4.69, 9.17) is 15.2 Å². The lowest BCUT2D eigenvalue weighted by Gasteiger charge is -2.27. The SMILES string of the molecule is NC(c1cc(Br)c(Br)s1)C1COCCO1. The fourth-order valence-corrected chi connectivity index (χ4v) is 3.57. The second-order valence-electron chi connectivity index (χ2n) is 3.28. The van der Waals surface area contributed by atoms with E-state index in [-0.39, 0.29) is 12.1 Å². The van der Waals surface area contributed by atoms with Crippen molar-refractivity contribution < 1.29 is 9.47 Å². The van der Waals surface area contributed by atoms with E-state index in [1.54, 1.807) is 11.3 Å². The van der Waals surface area contributed by atoms with Crippen LogP contribution in [0.25, 0.3) is 0 Å². The van der Waals surface area contributed by atoms with E-state index in [1.807, 2.05) is 6.07 Å². The van der Waals surface area contributed by atoms with Gasteiger partial charge in [0.05, 0.1) is 29.6 Å². The average Bonchev–Trinajstić information content (AvgIpc) is 2.59. The molecule has 2 heterocycles. The zero-order valence-corrected chi connectivity index (χ0v) is 11.9. The summed E-state index contributed by atoms with van der Waals surface area (Å²) in [6.45, 7) is 1.88. The number of ether oxygens (including phenoxy) is 2. The molecular formula is C9H11Br2NO2S. The maximum Gasteiger partial charge on any atom is 0.101 e. The molecule has 0 aliphatic carbocycles. The van der Waals surface area contributed by atoms with Crippen LogP contribution in [-0.4, -0.2) is 25.9 Å². The van der Waals surface area contributed by atoms with Gasteiger partial charge in [0.2, 0.25) is 0 Å². The van der Waals surface area contributed by atoms with Gasteiger partial charge in [0, 0.05) is 9.35 Å². The molecule has 1 aliphatic rings. The van der Waals surface area contributed by atoms with Crippen LogP contribution in [0.1, 0.15) is 10.9 Å². The number of halogens is 2. The van der Waals surface area contributed by atoms with Gasteiger partial charge in [0.25, 0.3) is 0 Å². The lowest BCUT2D eigenvalue weighted by molar-refractivity contribution is -0.0971. The largest absolute Gasteiger partial charge is 0.376 e. The summed E-state index contributed by atoms with van der Waals surface area (Å²) < 4.78 is 13.0. The van der Waals surface area contributed by atoms with Crippen molar-refractivity contribution in [3.05, 3.63) is 19.2 Å². The van der Waals surface area contributed by atoms with Crippen molar-refractivity contribution in [2.75, 3.05) is 19.8 Å². The molecule has 2 N–H and O–H groups in total. The first-order valence-electron chi connectivity index (χ1n) is 4.58. The molecule has 0 amide bonds. The van der Waals surface area contributed by atoms with Crippen LogP contribution in [0.3, 0.4) is 0 Å². The molecule has 84 valence electrons. The van der Waals surface area contributed by atoms with Crippen molar-refractivity contribution in [3.63, 3.8) is 0 Å². The molecule has 15 heavy (non-hydrogen) atoms. The third kappa shape index (κ3) is 2.81. The highest BCUT2D eigenvalue weighted by atomic mass is 79.9. The molecule has 0 aromatic carbocycles. The molecule has 6 heteroatoms. The second kappa shape index (κ2) is 5.25. The van der Waals surface area contributed by atoms with E-state index in [1.165, 1.54) is 0 Å². The minimum absolute atomic E-state index is 0.0313. The summed E-state index contributed by atoms with van der Waals surface area (Å²) in [4.78, 5) is 1.10. The summed E-state index contributed by atoms with van der Waals surface area (Å²) in [6.07, 6.45) is -0.0313. The highest BCUT2D eigenvalue weighted by Crippen LogP contribution is 2.36. The van der Waals surface area contributed by atoms with Crippen LogP contribution >= 0.6 is 43.2 Å². The molecular weight excluding hydrogens is 346 g/mol. The van der Waals surface area contributed by atoms with Crippen molar-refractivity contribution in [1.29, 1.82) is 0 Å². The van der Waals surface area contributed by atoms with Crippen molar-refractivity contribution in [1.82, 2.24) is 0 Å². The highest BCUT2D eigenvalue weighted by Gasteiger charge is 2.25. The van der Waals surface area contributed by atoms with Gasteiger partial charge in [-0.2, -0.15) is 0 Å². The number of hydrogen-bond donors (Lipinski definition) is 1. The maximum absolute atomic E-state index is 6.12. The standard InChI is InChI=1S/C9H11Br2NO2S/c10-5-3-7(15-9(5)11)8(12)6-4-13-1-2-14-6/h3,6,8H,1-2,4,12H2. The number of hydrogen-bond acceptors (Lipinski definition) is 4. The third-order valence-electron chi connectivity index (χ3n) is 2.24. The molecule has 0 radical (unpaired) electrons. The van der Waals surface area contributed by atoms with Gasteiger partial charge in [-0.05, 0) is 37.9 Å². The van der Waals surface area contributed by atoms with Crippen LogP contribution in [0, 0.1) is 0 Å². The Morgan fingerprint density at radius 3 is 2.80 bits per heavy atom. The summed E-state index contributed by atoms with van der Waals surface area (Å²) in [5.74, 6) is 0. The minimum Gasteiger partial charge on any atom is -0.376 e. The van der Waals surface area contributed by atoms with Crippen LogP contribution in [-0.2, 0) is 9.47 Å². The second-order valence-corrected chi connectivity index (χ2v) is 6.54. The lowest BCUT2D eigenvalue weighted by Crippen LogP contribution is -2.37. The van der Waals surface area contributed by atoms with Gasteiger partial charge in [-0.15, -0.1) is 11.3 Å². The molecule has 0 saturated carbocycles. The Bertz CT molecular complexity index is 319. The van der Waals surface area contributed by atoms with E-state index in [9.17, 15) is 0 Å². The molecule has 0 spiro atoms. The number of rotatable bonds is 2. The van der Waals surface area contributed by atoms with Gasteiger partial charge >= 0.3 is 0 Å². The smallest absolute Gasteiger partial charge is 0.101 e. The Hall–Kier alpha value is 0.540. The molecule has 1 aliphatic heterocycles. The Morgan fingerprint density at radius 1 is 1.47 bits per heavy atom. The topological polar surface area (TPSA) is 44.5 Å². The predicted octanol–water partition coefficient (Wildman–Crippen LogP) is 2.69. The Balaban J connectivity index is 2.08. The van der Waals surface area contributed by atoms with Crippen molar-refractivity contribution in [2.24, 2.45) is 5.73 Å². The summed E-state index contributed by atoms with van der Waals surface area (Å²) in [6, 6.07) is 1.91. The van der Waals surface area contributed by atoms with Crippen LogP contribution < -0.4 is 5.73 Å². The fraction of sp³-hybridized carbons (Fsp3) is 0.556. The maximum atomic E-state index is 6.12. The normalized spacial score (nSPS) is 24.1. The third-order valence-corrected chi connectivity index (χ3v) is 5.59. The quantitative estimate of drug-likeness (QED) is 0.886. The minimum atomic E-state index is -0.113. The first-order valence-corrected chi connectivity index (χ1v) is 6.98. The summed E-state index contributed by atoms with van der Waals surface area (Å²) in [7, 11) is 0. The zero-order chi connectivity index (χ0) is 10.8. The van der Waals surface area contributed by atoms with E-state index in [0.717, 1.165) is 13.1 Å². The van der Waals surface area contributed by atoms with Gasteiger partial charge in [-0.3, -0.25) is 0 Å². The molecule has 1 aromatic heterocycles. The van der Waals surface area contributed by atoms with Gasteiger partial charge in [0.1, 0.15) is 6.10 Å². The summed E-state index contributed by atoms with van der Waals surface area (Å²) in [5.41, 5.74) is 6.12. The fourth-order valence-electron chi connectivity index (χ4n) is 1.42. The Labute approximate surface area is 109 Å². The van der Waals surface area contributed by atoms with Crippen LogP contribution in [0.5, 0.6) is 0 Å². The molecule has 2 atom stereocenters. The predicted molar refractivity (Wildman–Crippen MR) is 67.2 cm³/mol. The zero-order valence-electron chi connectivity index (χ0n) is 7.91. The molecule has 2 unspecified atom stereocenters. The van der Waals surface area contributed by atoms with Crippen LogP contribution in [0.4, 0.5) is 0 Å². The molecule has 1 saturated heterocycles. The van der Waals surface area contributed by atoms with Crippen molar-refractivity contribution in [2.45, 2.75) is 12.1 Å². The molecule has 1 fully saturated rings. The summed E-state index contributed by atoms with van der Waals surface area (Å²) in [5, 5.41) is 0. The van der Waals surface area contributed by atoms with E-state index < -0.39 is 0 Å². The van der Waals surface area contributed by atoms with Gasteiger partial charge in [-0.1, -0.05) is 0 Å². The van der Waals surface area contributed by atoms with Gasteiger partial charge < -0.3 is 15.2 Å². The van der Waals surface area contributed by atoms with E-state index in [0.29, 0.717) is 19.8 Å². The average molecular weight is 357 g/mol. The van der Waals surface area contributed by atoms with Gasteiger partial charge in [-0.25, -0.2) is 0 Å². The first-order chi connectivity index (χ1) is 7.18. The highest BCUT2D eigenvalue weighted by molar-refractivity contribution is 9.13. The molecule has 1 aromatic rings. The number of thiophene rings is 1. The Morgan fingerprint density at radius 2 is 2.27 bits per heavy atom. The van der Waals surface area contributed by atoms with Crippen LogP contribution in [0.2, 0.25) is 0 Å². The van der Waals surface area contributed by atoms with Crippen LogP contribution in [0.15, 0.2) is 14.3 Å². The molecule has 2 rings (SSSR count). The first kappa shape index (κ1) is 12.0.